The number of ether oxygens (including phenoxy) is 1. The molecule has 1 fully saturated rings. The van der Waals surface area contributed by atoms with Crippen LogP contribution in [0.15, 0.2) is 91.1 Å². The Morgan fingerprint density at radius 2 is 1.76 bits per heavy atom. The highest BCUT2D eigenvalue weighted by atomic mass is 16.6. The van der Waals surface area contributed by atoms with Crippen LogP contribution < -0.4 is 0 Å². The normalized spacial score (nSPS) is 15.3. The number of aromatic amines is 1. The third-order valence-corrected chi connectivity index (χ3v) is 7.31. The quantitative estimate of drug-likeness (QED) is 0.257. The van der Waals surface area contributed by atoms with Gasteiger partial charge in [0.15, 0.2) is 0 Å². The molecule has 0 radical (unpaired) electrons. The maximum absolute atomic E-state index is 12.9. The fourth-order valence-corrected chi connectivity index (χ4v) is 5.36. The first-order valence-corrected chi connectivity index (χ1v) is 13.0. The topological polar surface area (TPSA) is 83.4 Å². The van der Waals surface area contributed by atoms with Crippen molar-refractivity contribution in [2.75, 3.05) is 6.54 Å². The molecule has 7 nitrogen and oxygen atoms in total. The molecule has 2 N–H and O–H groups in total. The van der Waals surface area contributed by atoms with Gasteiger partial charge in [0.05, 0.1) is 5.69 Å². The molecule has 2 aromatic heterocycles. The number of fused-ring (bicyclic) bond motifs is 1. The lowest BCUT2D eigenvalue weighted by Gasteiger charge is -2.24. The van der Waals surface area contributed by atoms with E-state index in [0.717, 1.165) is 63.0 Å². The Labute approximate surface area is 221 Å². The Balaban J connectivity index is 1.19. The minimum atomic E-state index is -0.257. The molecule has 6 rings (SSSR count). The Bertz CT molecular complexity index is 1540. The van der Waals surface area contributed by atoms with Gasteiger partial charge in [-0.25, -0.2) is 4.79 Å². The molecule has 1 aliphatic rings. The number of nitrogens with zero attached hydrogens (tertiary/aromatic N) is 3. The molecule has 0 aliphatic carbocycles. The second-order valence-corrected chi connectivity index (χ2v) is 9.88. The lowest BCUT2D eigenvalue weighted by molar-refractivity contribution is 0.0921. The molecule has 7 heteroatoms. The summed E-state index contributed by atoms with van der Waals surface area (Å²) in [5.74, 6) is 0. The number of rotatable bonds is 7. The lowest BCUT2D eigenvalue weighted by atomic mass is 10.0. The largest absolute Gasteiger partial charge is 0.445 e. The first kappa shape index (κ1) is 23.9. The number of aromatic nitrogens is 3. The van der Waals surface area contributed by atoms with E-state index in [0.29, 0.717) is 18.7 Å². The number of hydrogen-bond donors (Lipinski definition) is 2. The zero-order valence-corrected chi connectivity index (χ0v) is 21.1. The third kappa shape index (κ3) is 5.00. The van der Waals surface area contributed by atoms with Gasteiger partial charge in [-0.3, -0.25) is 0 Å². The number of carbonyl (C=O) groups excluding carboxylic acids is 1. The van der Waals surface area contributed by atoms with Crippen molar-refractivity contribution in [2.45, 2.75) is 38.3 Å². The summed E-state index contributed by atoms with van der Waals surface area (Å²) in [6.07, 6.45) is 5.06. The maximum atomic E-state index is 12.9. The van der Waals surface area contributed by atoms with Gasteiger partial charge in [0, 0.05) is 41.7 Å². The highest BCUT2D eigenvalue weighted by molar-refractivity contribution is 5.87. The van der Waals surface area contributed by atoms with Crippen LogP contribution in [0.1, 0.15) is 35.2 Å². The first-order valence-electron chi connectivity index (χ1n) is 13.0. The molecule has 1 saturated heterocycles. The molecule has 0 spiro atoms. The van der Waals surface area contributed by atoms with Crippen LogP contribution in [-0.4, -0.2) is 43.7 Å². The average molecular weight is 507 g/mol. The zero-order valence-electron chi connectivity index (χ0n) is 21.1. The number of benzene rings is 3. The van der Waals surface area contributed by atoms with Gasteiger partial charge in [-0.15, -0.1) is 9.94 Å². The van der Waals surface area contributed by atoms with E-state index in [1.54, 1.807) is 0 Å². The summed E-state index contributed by atoms with van der Waals surface area (Å²) in [4.78, 5) is 19.1. The van der Waals surface area contributed by atoms with Gasteiger partial charge in [0.25, 0.3) is 0 Å². The second-order valence-electron chi connectivity index (χ2n) is 9.88. The van der Waals surface area contributed by atoms with Crippen LogP contribution in [0.4, 0.5) is 4.79 Å². The predicted octanol–water partition coefficient (Wildman–Crippen LogP) is 6.20. The Morgan fingerprint density at radius 1 is 1.00 bits per heavy atom. The van der Waals surface area contributed by atoms with Crippen LogP contribution in [0, 0.1) is 0 Å². The second kappa shape index (κ2) is 10.5. The van der Waals surface area contributed by atoms with Crippen molar-refractivity contribution >= 4 is 17.0 Å². The van der Waals surface area contributed by atoms with Crippen LogP contribution in [-0.2, 0) is 24.2 Å². The van der Waals surface area contributed by atoms with E-state index in [9.17, 15) is 10.0 Å². The van der Waals surface area contributed by atoms with Crippen LogP contribution in [0.3, 0.4) is 0 Å². The van der Waals surface area contributed by atoms with E-state index < -0.39 is 0 Å². The Morgan fingerprint density at radius 3 is 2.55 bits per heavy atom. The number of amides is 1. The summed E-state index contributed by atoms with van der Waals surface area (Å²) in [5.41, 5.74) is 6.63. The van der Waals surface area contributed by atoms with E-state index in [1.165, 1.54) is 0 Å². The molecule has 3 heterocycles. The van der Waals surface area contributed by atoms with E-state index >= 15 is 0 Å². The van der Waals surface area contributed by atoms with Crippen molar-refractivity contribution < 1.29 is 14.7 Å². The fraction of sp³-hybridized carbons (Fsp3) is 0.226. The highest BCUT2D eigenvalue weighted by Gasteiger charge is 2.30. The molecule has 5 aromatic rings. The first-order chi connectivity index (χ1) is 18.6. The monoisotopic (exact) mass is 506 g/mol. The van der Waals surface area contributed by atoms with Crippen molar-refractivity contribution in [1.29, 1.82) is 0 Å². The van der Waals surface area contributed by atoms with Crippen molar-refractivity contribution in [3.63, 3.8) is 0 Å². The zero-order chi connectivity index (χ0) is 25.9. The molecule has 3 aromatic carbocycles. The molecular formula is C31H30N4O3. The number of hydrogen-bond acceptors (Lipinski definition) is 4. The van der Waals surface area contributed by atoms with Gasteiger partial charge >= 0.3 is 6.09 Å². The van der Waals surface area contributed by atoms with Gasteiger partial charge in [0.1, 0.15) is 12.3 Å². The highest BCUT2D eigenvalue weighted by Crippen LogP contribution is 2.30. The predicted molar refractivity (Wildman–Crippen MR) is 146 cm³/mol. The van der Waals surface area contributed by atoms with Gasteiger partial charge in [-0.1, -0.05) is 66.7 Å². The smallest absolute Gasteiger partial charge is 0.410 e. The van der Waals surface area contributed by atoms with E-state index in [4.69, 9.17) is 4.74 Å². The molecular weight excluding hydrogens is 476 g/mol. The summed E-state index contributed by atoms with van der Waals surface area (Å²) >= 11 is 0. The van der Waals surface area contributed by atoms with Crippen LogP contribution in [0.5, 0.6) is 0 Å². The van der Waals surface area contributed by atoms with Crippen molar-refractivity contribution in [2.24, 2.45) is 0 Å². The molecule has 1 amide bonds. The lowest BCUT2D eigenvalue weighted by Crippen LogP contribution is -2.37. The Hall–Kier alpha value is -4.52. The molecule has 192 valence electrons. The van der Waals surface area contributed by atoms with Crippen molar-refractivity contribution in [1.82, 2.24) is 19.8 Å². The number of H-pyrrole nitrogens is 1. The van der Waals surface area contributed by atoms with E-state index in [2.05, 4.69) is 28.3 Å². The van der Waals surface area contributed by atoms with Crippen molar-refractivity contribution in [3.8, 4) is 11.3 Å². The maximum Gasteiger partial charge on any atom is 0.410 e. The van der Waals surface area contributed by atoms with Crippen LogP contribution in [0.2, 0.25) is 0 Å². The van der Waals surface area contributed by atoms with Crippen LogP contribution in [0.25, 0.3) is 22.2 Å². The standard InChI is InChI=1S/C31H30N4O3/c36-31(38-21-23-10-5-2-6-11-23)34-15-7-12-27(34)17-25-20-32-29-14-13-24(18-28(25)29)30-19-26(33-35(30)37)16-22-8-3-1-4-9-22/h1-6,8-11,13-14,18-20,27,32,37H,7,12,15-17,21H2/t27-/m1/s1. The molecule has 1 aliphatic heterocycles. The van der Waals surface area contributed by atoms with E-state index in [1.807, 2.05) is 77.8 Å². The summed E-state index contributed by atoms with van der Waals surface area (Å²) < 4.78 is 5.63. The van der Waals surface area contributed by atoms with E-state index in [-0.39, 0.29) is 18.7 Å². The van der Waals surface area contributed by atoms with Gasteiger partial charge < -0.3 is 19.8 Å². The summed E-state index contributed by atoms with van der Waals surface area (Å²) in [6, 6.07) is 28.0. The summed E-state index contributed by atoms with van der Waals surface area (Å²) in [6.45, 7) is 0.986. The number of carbonyl (C=O) groups is 1. The average Bonchev–Trinajstić information content (AvgIpc) is 3.67. The number of likely N-dealkylation sites (tertiary alicyclic amines) is 1. The minimum absolute atomic E-state index is 0.0850. The molecule has 0 saturated carbocycles. The SMILES string of the molecule is O=C(OCc1ccccc1)N1CCC[C@@H]1Cc1c[nH]c2ccc(-c3cc(Cc4ccccc4)nn3O)cc12. The van der Waals surface area contributed by atoms with Gasteiger partial charge in [-0.2, -0.15) is 0 Å². The molecule has 38 heavy (non-hydrogen) atoms. The fourth-order valence-electron chi connectivity index (χ4n) is 5.36. The minimum Gasteiger partial charge on any atom is -0.445 e. The van der Waals surface area contributed by atoms with Gasteiger partial charge in [0.2, 0.25) is 0 Å². The van der Waals surface area contributed by atoms with Gasteiger partial charge in [-0.05, 0) is 54.2 Å². The molecule has 0 bridgehead atoms. The van der Waals surface area contributed by atoms with Crippen LogP contribution >= 0.6 is 0 Å². The molecule has 1 atom stereocenters. The number of nitrogens with one attached hydrogen (secondary N) is 1. The van der Waals surface area contributed by atoms with Crippen molar-refractivity contribution in [3.05, 3.63) is 114 Å². The third-order valence-electron chi connectivity index (χ3n) is 7.31. The molecule has 0 unspecified atom stereocenters. The summed E-state index contributed by atoms with van der Waals surface area (Å²) in [5, 5.41) is 16.0. The summed E-state index contributed by atoms with van der Waals surface area (Å²) in [7, 11) is 0. The Kier molecular flexibility index (Phi) is 6.56.